The van der Waals surface area contributed by atoms with E-state index >= 15 is 0 Å². The van der Waals surface area contributed by atoms with Crippen molar-refractivity contribution in [3.05, 3.63) is 83.8 Å². The van der Waals surface area contributed by atoms with Crippen LogP contribution in [-0.2, 0) is 17.3 Å². The van der Waals surface area contributed by atoms with E-state index in [1.165, 1.54) is 16.7 Å². The minimum atomic E-state index is 0.00595. The molecule has 0 aliphatic carbocycles. The van der Waals surface area contributed by atoms with Gasteiger partial charge in [-0.05, 0) is 41.2 Å². The van der Waals surface area contributed by atoms with Gasteiger partial charge in [0.25, 0.3) is 0 Å². The zero-order valence-electron chi connectivity index (χ0n) is 16.5. The van der Waals surface area contributed by atoms with Gasteiger partial charge >= 0.3 is 0 Å². The molecule has 1 aromatic carbocycles. The Morgan fingerprint density at radius 3 is 2.27 bits per heavy atom. The smallest absolute Gasteiger partial charge is 0.0708 e. The van der Waals surface area contributed by atoms with Crippen molar-refractivity contribution in [1.82, 2.24) is 9.97 Å². The Labute approximate surface area is 157 Å². The minimum absolute atomic E-state index is 0.00595. The van der Waals surface area contributed by atoms with Gasteiger partial charge < -0.3 is 0 Å². The summed E-state index contributed by atoms with van der Waals surface area (Å²) >= 11 is 0. The molecular formula is C24H28N2. The number of pyridine rings is 2. The molecule has 0 bridgehead atoms. The highest BCUT2D eigenvalue weighted by Gasteiger charge is 2.23. The molecule has 0 saturated heterocycles. The Bertz CT molecular complexity index is 874. The van der Waals surface area contributed by atoms with Crippen molar-refractivity contribution >= 4 is 0 Å². The molecular weight excluding hydrogens is 316 g/mol. The maximum Gasteiger partial charge on any atom is 0.0708 e. The highest BCUT2D eigenvalue weighted by atomic mass is 14.7. The third-order valence-corrected chi connectivity index (χ3v) is 4.89. The first-order chi connectivity index (χ1) is 12.3. The van der Waals surface area contributed by atoms with E-state index in [4.69, 9.17) is 4.98 Å². The fourth-order valence-electron chi connectivity index (χ4n) is 3.27. The molecule has 3 aromatic rings. The summed E-state index contributed by atoms with van der Waals surface area (Å²) in [6.45, 7) is 11.2. The zero-order valence-corrected chi connectivity index (χ0v) is 16.5. The van der Waals surface area contributed by atoms with Gasteiger partial charge in [-0.2, -0.15) is 0 Å². The van der Waals surface area contributed by atoms with Crippen molar-refractivity contribution in [2.45, 2.75) is 51.9 Å². The zero-order chi connectivity index (χ0) is 18.8. The van der Waals surface area contributed by atoms with Gasteiger partial charge in [0.05, 0.1) is 5.69 Å². The standard InChI is InChI=1S/C24H28N2/c1-23(2,3)22-14-8-13-21(26-22)20-12-7-6-10-18(20)16-24(4,5)19-11-9-15-25-17-19/h6-15,17H,16H2,1-5H3. The Kier molecular flexibility index (Phi) is 4.95. The monoisotopic (exact) mass is 344 g/mol. The second-order valence-corrected chi connectivity index (χ2v) is 8.62. The van der Waals surface area contributed by atoms with E-state index in [2.05, 4.69) is 88.1 Å². The molecule has 0 fully saturated rings. The number of aromatic nitrogens is 2. The molecule has 2 nitrogen and oxygen atoms in total. The second kappa shape index (κ2) is 7.03. The molecule has 26 heavy (non-hydrogen) atoms. The predicted octanol–water partition coefficient (Wildman–Crippen LogP) is 5.96. The van der Waals surface area contributed by atoms with Crippen LogP contribution in [0.4, 0.5) is 0 Å². The summed E-state index contributed by atoms with van der Waals surface area (Å²) in [5.74, 6) is 0. The Morgan fingerprint density at radius 2 is 1.58 bits per heavy atom. The molecule has 0 unspecified atom stereocenters. The van der Waals surface area contributed by atoms with Gasteiger partial charge in [-0.15, -0.1) is 0 Å². The van der Waals surface area contributed by atoms with Crippen molar-refractivity contribution < 1.29 is 0 Å². The normalized spacial score (nSPS) is 12.2. The molecule has 3 rings (SSSR count). The van der Waals surface area contributed by atoms with E-state index in [-0.39, 0.29) is 10.8 Å². The molecule has 0 atom stereocenters. The number of nitrogens with zero attached hydrogens (tertiary/aromatic N) is 2. The molecule has 2 heterocycles. The average Bonchev–Trinajstić information content (AvgIpc) is 2.62. The first-order valence-electron chi connectivity index (χ1n) is 9.24. The molecule has 0 saturated carbocycles. The summed E-state index contributed by atoms with van der Waals surface area (Å²) < 4.78 is 0. The largest absolute Gasteiger partial charge is 0.264 e. The van der Waals surface area contributed by atoms with Crippen LogP contribution in [0.2, 0.25) is 0 Å². The maximum absolute atomic E-state index is 4.97. The van der Waals surface area contributed by atoms with E-state index in [1.807, 2.05) is 18.5 Å². The molecule has 0 radical (unpaired) electrons. The molecule has 2 aromatic heterocycles. The molecule has 2 heteroatoms. The van der Waals surface area contributed by atoms with Crippen LogP contribution in [0.25, 0.3) is 11.3 Å². The Morgan fingerprint density at radius 1 is 0.808 bits per heavy atom. The first-order valence-corrected chi connectivity index (χ1v) is 9.24. The van der Waals surface area contributed by atoms with E-state index in [0.29, 0.717) is 0 Å². The van der Waals surface area contributed by atoms with Crippen LogP contribution in [-0.4, -0.2) is 9.97 Å². The summed E-state index contributed by atoms with van der Waals surface area (Å²) in [6.07, 6.45) is 4.74. The summed E-state index contributed by atoms with van der Waals surface area (Å²) in [5, 5.41) is 0. The van der Waals surface area contributed by atoms with Crippen LogP contribution in [0.5, 0.6) is 0 Å². The number of hydrogen-bond donors (Lipinski definition) is 0. The van der Waals surface area contributed by atoms with Crippen molar-refractivity contribution in [2.24, 2.45) is 0 Å². The number of rotatable bonds is 4. The van der Waals surface area contributed by atoms with Crippen molar-refractivity contribution in [3.63, 3.8) is 0 Å². The number of hydrogen-bond acceptors (Lipinski definition) is 2. The lowest BCUT2D eigenvalue weighted by Crippen LogP contribution is -2.21. The van der Waals surface area contributed by atoms with E-state index in [1.54, 1.807) is 0 Å². The lowest BCUT2D eigenvalue weighted by atomic mass is 9.78. The molecule has 0 spiro atoms. The third-order valence-electron chi connectivity index (χ3n) is 4.89. The van der Waals surface area contributed by atoms with Crippen molar-refractivity contribution in [1.29, 1.82) is 0 Å². The average molecular weight is 345 g/mol. The maximum atomic E-state index is 4.97. The SMILES string of the molecule is CC(C)(C)c1cccc(-c2ccccc2CC(C)(C)c2cccnc2)n1. The van der Waals surface area contributed by atoms with Gasteiger partial charge in [0, 0.05) is 29.1 Å². The first kappa shape index (κ1) is 18.3. The van der Waals surface area contributed by atoms with Crippen molar-refractivity contribution in [2.75, 3.05) is 0 Å². The quantitative estimate of drug-likeness (QED) is 0.583. The van der Waals surface area contributed by atoms with Gasteiger partial charge in [0.1, 0.15) is 0 Å². The number of benzene rings is 1. The second-order valence-electron chi connectivity index (χ2n) is 8.62. The Hall–Kier alpha value is -2.48. The van der Waals surface area contributed by atoms with Crippen LogP contribution in [0.1, 0.15) is 51.4 Å². The minimum Gasteiger partial charge on any atom is -0.264 e. The van der Waals surface area contributed by atoms with E-state index in [9.17, 15) is 0 Å². The summed E-state index contributed by atoms with van der Waals surface area (Å²) in [7, 11) is 0. The fraction of sp³-hybridized carbons (Fsp3) is 0.333. The van der Waals surface area contributed by atoms with E-state index in [0.717, 1.165) is 17.8 Å². The summed E-state index contributed by atoms with van der Waals surface area (Å²) in [6, 6.07) is 19.1. The van der Waals surface area contributed by atoms with Crippen molar-refractivity contribution in [3.8, 4) is 11.3 Å². The van der Waals surface area contributed by atoms with Crippen LogP contribution in [0, 0.1) is 0 Å². The summed E-state index contributed by atoms with van der Waals surface area (Å²) in [5.41, 5.74) is 6.01. The highest BCUT2D eigenvalue weighted by Crippen LogP contribution is 2.32. The topological polar surface area (TPSA) is 25.8 Å². The molecule has 0 aliphatic rings. The summed E-state index contributed by atoms with van der Waals surface area (Å²) in [4.78, 5) is 9.26. The molecule has 0 aliphatic heterocycles. The molecule has 0 amide bonds. The van der Waals surface area contributed by atoms with E-state index < -0.39 is 0 Å². The molecule has 134 valence electrons. The fourth-order valence-corrected chi connectivity index (χ4v) is 3.27. The van der Waals surface area contributed by atoms with Crippen LogP contribution >= 0.6 is 0 Å². The van der Waals surface area contributed by atoms with Crippen LogP contribution in [0.15, 0.2) is 67.0 Å². The van der Waals surface area contributed by atoms with Crippen LogP contribution in [0.3, 0.4) is 0 Å². The predicted molar refractivity (Wildman–Crippen MR) is 109 cm³/mol. The van der Waals surface area contributed by atoms with Gasteiger partial charge in [-0.3, -0.25) is 9.97 Å². The van der Waals surface area contributed by atoms with Crippen LogP contribution < -0.4 is 0 Å². The molecule has 0 N–H and O–H groups in total. The lowest BCUT2D eigenvalue weighted by Gasteiger charge is -2.26. The third kappa shape index (κ3) is 4.01. The Balaban J connectivity index is 2.00. The highest BCUT2D eigenvalue weighted by molar-refractivity contribution is 5.64. The van der Waals surface area contributed by atoms with Gasteiger partial charge in [-0.25, -0.2) is 0 Å². The van der Waals surface area contributed by atoms with Gasteiger partial charge in [-0.1, -0.05) is 71.0 Å². The lowest BCUT2D eigenvalue weighted by molar-refractivity contribution is 0.521. The van der Waals surface area contributed by atoms with Gasteiger partial charge in [0.2, 0.25) is 0 Å². The van der Waals surface area contributed by atoms with Gasteiger partial charge in [0.15, 0.2) is 0 Å².